The number of carbonyl (C=O) groups excluding carboxylic acids is 2. The number of esters is 1. The standard InChI is InChI=1S/C20H16Cl2N2O5S2/c1-31(27,28)14-6-7-17(22)15(10-14)19(26)29-12-18(25)23-20-24(8-9-30-20)11-13-4-2-3-5-16(13)21/h2-10H,11-12H2,1H3. The highest BCUT2D eigenvalue weighted by molar-refractivity contribution is 7.90. The molecule has 0 bridgehead atoms. The number of carbonyl (C=O) groups is 2. The first-order valence-corrected chi connectivity index (χ1v) is 12.3. The maximum absolute atomic E-state index is 12.3. The van der Waals surface area contributed by atoms with Crippen LogP contribution in [0, 0.1) is 0 Å². The molecule has 1 amide bonds. The van der Waals surface area contributed by atoms with E-state index in [2.05, 4.69) is 4.99 Å². The van der Waals surface area contributed by atoms with Gasteiger partial charge in [0.15, 0.2) is 21.2 Å². The van der Waals surface area contributed by atoms with Crippen LogP contribution in [-0.4, -0.2) is 37.7 Å². The van der Waals surface area contributed by atoms with Crippen molar-refractivity contribution in [2.75, 3.05) is 12.9 Å². The topological polar surface area (TPSA) is 94.8 Å². The smallest absolute Gasteiger partial charge is 0.340 e. The van der Waals surface area contributed by atoms with Crippen molar-refractivity contribution in [3.63, 3.8) is 0 Å². The summed E-state index contributed by atoms with van der Waals surface area (Å²) in [5.74, 6) is -1.60. The molecule has 7 nitrogen and oxygen atoms in total. The normalized spacial score (nSPS) is 12.0. The number of nitrogens with zero attached hydrogens (tertiary/aromatic N) is 2. The number of rotatable bonds is 6. The van der Waals surface area contributed by atoms with Crippen molar-refractivity contribution < 1.29 is 22.7 Å². The van der Waals surface area contributed by atoms with E-state index < -0.39 is 28.3 Å². The van der Waals surface area contributed by atoms with E-state index in [0.717, 1.165) is 17.9 Å². The number of thiazole rings is 1. The maximum atomic E-state index is 12.3. The minimum Gasteiger partial charge on any atom is -0.452 e. The van der Waals surface area contributed by atoms with Crippen LogP contribution in [0.25, 0.3) is 0 Å². The molecule has 0 radical (unpaired) electrons. The second kappa shape index (κ2) is 9.78. The molecule has 0 fully saturated rings. The molecule has 0 saturated heterocycles. The van der Waals surface area contributed by atoms with Gasteiger partial charge in [-0.05, 0) is 29.8 Å². The van der Waals surface area contributed by atoms with Crippen molar-refractivity contribution in [1.29, 1.82) is 0 Å². The van der Waals surface area contributed by atoms with Gasteiger partial charge >= 0.3 is 5.97 Å². The summed E-state index contributed by atoms with van der Waals surface area (Å²) in [5, 5.41) is 2.38. The van der Waals surface area contributed by atoms with Gasteiger partial charge in [0.05, 0.1) is 22.0 Å². The molecule has 0 saturated carbocycles. The number of halogens is 2. The van der Waals surface area contributed by atoms with Gasteiger partial charge in [-0.25, -0.2) is 13.2 Å². The third-order valence-corrected chi connectivity index (χ3v) is 6.69. The average molecular weight is 499 g/mol. The predicted octanol–water partition coefficient (Wildman–Crippen LogP) is 3.59. The Hall–Kier alpha value is -2.46. The number of ether oxygens (including phenoxy) is 1. The number of aromatic nitrogens is 1. The Morgan fingerprint density at radius 3 is 2.58 bits per heavy atom. The molecule has 1 heterocycles. The van der Waals surface area contributed by atoms with Crippen molar-refractivity contribution in [2.45, 2.75) is 11.4 Å². The van der Waals surface area contributed by atoms with E-state index in [1.54, 1.807) is 22.2 Å². The Morgan fingerprint density at radius 1 is 1.13 bits per heavy atom. The average Bonchev–Trinajstić information content (AvgIpc) is 3.14. The van der Waals surface area contributed by atoms with Crippen molar-refractivity contribution in [3.05, 3.63) is 80.0 Å². The highest BCUT2D eigenvalue weighted by atomic mass is 35.5. The highest BCUT2D eigenvalue weighted by Gasteiger charge is 2.17. The van der Waals surface area contributed by atoms with Crippen LogP contribution in [0.15, 0.2) is 63.9 Å². The van der Waals surface area contributed by atoms with Gasteiger partial charge in [-0.15, -0.1) is 11.3 Å². The lowest BCUT2D eigenvalue weighted by molar-refractivity contribution is -0.121. The largest absolute Gasteiger partial charge is 0.452 e. The van der Waals surface area contributed by atoms with Crippen LogP contribution in [-0.2, 0) is 25.9 Å². The first-order valence-electron chi connectivity index (χ1n) is 8.77. The van der Waals surface area contributed by atoms with Crippen molar-refractivity contribution in [1.82, 2.24) is 4.57 Å². The second-order valence-electron chi connectivity index (χ2n) is 6.40. The minimum atomic E-state index is -3.54. The summed E-state index contributed by atoms with van der Waals surface area (Å²) in [5.41, 5.74) is 0.714. The summed E-state index contributed by atoms with van der Waals surface area (Å²) in [6, 6.07) is 11.0. The van der Waals surface area contributed by atoms with Crippen LogP contribution in [0.3, 0.4) is 0 Å². The Balaban J connectivity index is 1.72. The van der Waals surface area contributed by atoms with Gasteiger partial charge in [-0.3, -0.25) is 4.79 Å². The zero-order valence-corrected chi connectivity index (χ0v) is 19.3. The molecule has 0 aliphatic heterocycles. The molecular formula is C20H16Cl2N2O5S2. The molecular weight excluding hydrogens is 483 g/mol. The number of hydrogen-bond acceptors (Lipinski definition) is 6. The zero-order chi connectivity index (χ0) is 22.6. The molecule has 0 N–H and O–H groups in total. The quantitative estimate of drug-likeness (QED) is 0.483. The van der Waals surface area contributed by atoms with E-state index >= 15 is 0 Å². The Morgan fingerprint density at radius 2 is 1.87 bits per heavy atom. The molecule has 162 valence electrons. The summed E-state index contributed by atoms with van der Waals surface area (Å²) in [4.78, 5) is 28.8. The van der Waals surface area contributed by atoms with Gasteiger partial charge in [0.1, 0.15) is 0 Å². The molecule has 0 atom stereocenters. The Bertz CT molecular complexity index is 1310. The third kappa shape index (κ3) is 6.04. The van der Waals surface area contributed by atoms with Gasteiger partial charge in [-0.1, -0.05) is 41.4 Å². The lowest BCUT2D eigenvalue weighted by Gasteiger charge is -2.07. The van der Waals surface area contributed by atoms with Gasteiger partial charge < -0.3 is 9.30 Å². The van der Waals surface area contributed by atoms with E-state index in [-0.39, 0.29) is 15.5 Å². The lowest BCUT2D eigenvalue weighted by atomic mass is 10.2. The van der Waals surface area contributed by atoms with Crippen molar-refractivity contribution in [3.8, 4) is 0 Å². The molecule has 3 aromatic rings. The van der Waals surface area contributed by atoms with Crippen molar-refractivity contribution in [2.24, 2.45) is 4.99 Å². The molecule has 0 aliphatic rings. The molecule has 11 heteroatoms. The molecule has 0 spiro atoms. The molecule has 2 aromatic carbocycles. The van der Waals surface area contributed by atoms with E-state index in [1.165, 1.54) is 23.5 Å². The van der Waals surface area contributed by atoms with Gasteiger partial charge in [0.2, 0.25) is 0 Å². The molecule has 0 unspecified atom stereocenters. The van der Waals surface area contributed by atoms with Crippen LogP contribution in [0.1, 0.15) is 15.9 Å². The highest BCUT2D eigenvalue weighted by Crippen LogP contribution is 2.21. The van der Waals surface area contributed by atoms with Crippen LogP contribution < -0.4 is 4.80 Å². The first-order chi connectivity index (χ1) is 14.6. The fourth-order valence-corrected chi connectivity index (χ4v) is 4.33. The number of sulfone groups is 1. The summed E-state index contributed by atoms with van der Waals surface area (Å²) >= 11 is 13.4. The SMILES string of the molecule is CS(=O)(=O)c1ccc(Cl)c(C(=O)OCC(=O)N=c2sccn2Cc2ccccc2Cl)c1. The Kier molecular flexibility index (Phi) is 7.32. The van der Waals surface area contributed by atoms with Crippen LogP contribution in [0.5, 0.6) is 0 Å². The number of amides is 1. The van der Waals surface area contributed by atoms with E-state index in [9.17, 15) is 18.0 Å². The van der Waals surface area contributed by atoms with Gasteiger partial charge in [0, 0.05) is 22.9 Å². The van der Waals surface area contributed by atoms with Crippen molar-refractivity contribution >= 4 is 56.3 Å². The predicted molar refractivity (Wildman–Crippen MR) is 118 cm³/mol. The van der Waals surface area contributed by atoms with Crippen LogP contribution >= 0.6 is 34.5 Å². The van der Waals surface area contributed by atoms with E-state index in [1.807, 2.05) is 18.2 Å². The van der Waals surface area contributed by atoms with Gasteiger partial charge in [0.25, 0.3) is 5.91 Å². The summed E-state index contributed by atoms with van der Waals surface area (Å²) < 4.78 is 30.1. The molecule has 1 aromatic heterocycles. The summed E-state index contributed by atoms with van der Waals surface area (Å²) in [6.07, 6.45) is 2.77. The third-order valence-electron chi connectivity index (χ3n) is 4.09. The molecule has 31 heavy (non-hydrogen) atoms. The monoisotopic (exact) mass is 498 g/mol. The fraction of sp³-hybridized carbons (Fsp3) is 0.150. The minimum absolute atomic E-state index is 0.0117. The molecule has 0 aliphatic carbocycles. The summed E-state index contributed by atoms with van der Waals surface area (Å²) in [6.45, 7) is -0.203. The van der Waals surface area contributed by atoms with E-state index in [0.29, 0.717) is 16.4 Å². The fourth-order valence-electron chi connectivity index (χ4n) is 2.55. The van der Waals surface area contributed by atoms with E-state index in [4.69, 9.17) is 27.9 Å². The van der Waals surface area contributed by atoms with Crippen LogP contribution in [0.2, 0.25) is 10.0 Å². The van der Waals surface area contributed by atoms with Crippen LogP contribution in [0.4, 0.5) is 0 Å². The Labute approximate surface area is 192 Å². The summed E-state index contributed by atoms with van der Waals surface area (Å²) in [7, 11) is -3.54. The number of benzene rings is 2. The second-order valence-corrected chi connectivity index (χ2v) is 10.1. The number of hydrogen-bond donors (Lipinski definition) is 0. The lowest BCUT2D eigenvalue weighted by Crippen LogP contribution is -2.20. The van der Waals surface area contributed by atoms with Gasteiger partial charge in [-0.2, -0.15) is 4.99 Å². The molecule has 3 rings (SSSR count). The zero-order valence-electron chi connectivity index (χ0n) is 16.1. The first kappa shape index (κ1) is 23.2. The maximum Gasteiger partial charge on any atom is 0.340 e.